The summed E-state index contributed by atoms with van der Waals surface area (Å²) in [5.74, 6) is -0.839. The van der Waals surface area contributed by atoms with Gasteiger partial charge < -0.3 is 19.3 Å². The second-order valence-electron chi connectivity index (χ2n) is 9.73. The summed E-state index contributed by atoms with van der Waals surface area (Å²) in [5, 5.41) is 0. The Bertz CT molecular complexity index is 593. The third kappa shape index (κ3) is 23.8. The van der Waals surface area contributed by atoms with Crippen LogP contribution in [0.15, 0.2) is 0 Å². The standard InChI is InChI=1S/C27H54NO8P/c1-5-8-11-12-13-14-17-20-28(4)21-22-35-37(31,32)36-25(23-33-26(29)18-15-9-6-2)24-34-27(30)19-16-10-7-3/h25H,5-24H2,1-4H3,(H,31,32). The molecular formula is C27H54NO8P. The minimum absolute atomic E-state index is 0.0150. The van der Waals surface area contributed by atoms with Gasteiger partial charge in [0.15, 0.2) is 0 Å². The predicted molar refractivity (Wildman–Crippen MR) is 146 cm³/mol. The summed E-state index contributed by atoms with van der Waals surface area (Å²) in [5.41, 5.74) is 0. The number of hydrogen-bond donors (Lipinski definition) is 1. The van der Waals surface area contributed by atoms with Gasteiger partial charge in [-0.2, -0.15) is 0 Å². The zero-order valence-corrected chi connectivity index (χ0v) is 24.8. The van der Waals surface area contributed by atoms with Gasteiger partial charge in [0.1, 0.15) is 19.3 Å². The smallest absolute Gasteiger partial charge is 0.463 e. The van der Waals surface area contributed by atoms with Crippen LogP contribution in [-0.4, -0.2) is 67.8 Å². The molecule has 0 rings (SSSR count). The summed E-state index contributed by atoms with van der Waals surface area (Å²) < 4.78 is 33.3. The lowest BCUT2D eigenvalue weighted by Gasteiger charge is -2.22. The molecule has 0 aliphatic heterocycles. The molecule has 0 aromatic rings. The highest BCUT2D eigenvalue weighted by molar-refractivity contribution is 7.47. The number of phosphoric acid groups is 1. The lowest BCUT2D eigenvalue weighted by Crippen LogP contribution is -2.29. The Kier molecular flexibility index (Phi) is 23.4. The molecule has 1 N–H and O–H groups in total. The molecule has 0 heterocycles. The van der Waals surface area contributed by atoms with Gasteiger partial charge in [-0.25, -0.2) is 4.57 Å². The van der Waals surface area contributed by atoms with Crippen molar-refractivity contribution in [2.45, 2.75) is 123 Å². The number of likely N-dealkylation sites (N-methyl/N-ethyl adjacent to an activating group) is 1. The summed E-state index contributed by atoms with van der Waals surface area (Å²) in [6, 6.07) is 0. The molecule has 0 radical (unpaired) electrons. The van der Waals surface area contributed by atoms with Crippen LogP contribution in [0.5, 0.6) is 0 Å². The van der Waals surface area contributed by atoms with Crippen LogP contribution < -0.4 is 0 Å². The van der Waals surface area contributed by atoms with Crippen molar-refractivity contribution < 1.29 is 37.6 Å². The Morgan fingerprint density at radius 3 is 1.70 bits per heavy atom. The maximum Gasteiger partial charge on any atom is 0.472 e. The van der Waals surface area contributed by atoms with E-state index in [0.29, 0.717) is 19.4 Å². The number of phosphoric ester groups is 1. The number of carbonyl (C=O) groups is 2. The first-order chi connectivity index (χ1) is 17.7. The molecule has 0 amide bonds. The average molecular weight is 552 g/mol. The van der Waals surface area contributed by atoms with E-state index < -0.39 is 25.9 Å². The van der Waals surface area contributed by atoms with E-state index in [4.69, 9.17) is 18.5 Å². The third-order valence-electron chi connectivity index (χ3n) is 5.98. The molecule has 0 aromatic carbocycles. The molecular weight excluding hydrogens is 497 g/mol. The highest BCUT2D eigenvalue weighted by Gasteiger charge is 2.29. The van der Waals surface area contributed by atoms with Gasteiger partial charge in [-0.3, -0.25) is 18.6 Å². The van der Waals surface area contributed by atoms with Gasteiger partial charge in [-0.1, -0.05) is 85.0 Å². The van der Waals surface area contributed by atoms with Crippen molar-refractivity contribution >= 4 is 19.8 Å². The van der Waals surface area contributed by atoms with Crippen LogP contribution in [0, 0.1) is 0 Å². The number of rotatable bonds is 26. The first-order valence-electron chi connectivity index (χ1n) is 14.4. The van der Waals surface area contributed by atoms with Gasteiger partial charge >= 0.3 is 19.8 Å². The van der Waals surface area contributed by atoms with Crippen LogP contribution in [0.25, 0.3) is 0 Å². The Morgan fingerprint density at radius 2 is 1.19 bits per heavy atom. The van der Waals surface area contributed by atoms with Crippen molar-refractivity contribution in [3.63, 3.8) is 0 Å². The molecule has 0 fully saturated rings. The lowest BCUT2D eigenvalue weighted by molar-refractivity contribution is -0.152. The Morgan fingerprint density at radius 1 is 0.730 bits per heavy atom. The Labute approximate surface area is 225 Å². The maximum atomic E-state index is 12.5. The molecule has 0 saturated carbocycles. The molecule has 0 aromatic heterocycles. The van der Waals surface area contributed by atoms with Crippen LogP contribution >= 0.6 is 7.82 Å². The minimum atomic E-state index is -4.43. The number of carbonyl (C=O) groups excluding carboxylic acids is 2. The van der Waals surface area contributed by atoms with E-state index in [9.17, 15) is 19.0 Å². The fourth-order valence-corrected chi connectivity index (χ4v) is 4.52. The highest BCUT2D eigenvalue weighted by Crippen LogP contribution is 2.44. The molecule has 9 nitrogen and oxygen atoms in total. The van der Waals surface area contributed by atoms with Crippen LogP contribution in [-0.2, 0) is 32.7 Å². The normalized spacial score (nSPS) is 13.2. The largest absolute Gasteiger partial charge is 0.472 e. The summed E-state index contributed by atoms with van der Waals surface area (Å²) in [7, 11) is -2.49. The van der Waals surface area contributed by atoms with Crippen molar-refractivity contribution in [1.82, 2.24) is 4.90 Å². The van der Waals surface area contributed by atoms with Gasteiger partial charge in [-0.05, 0) is 32.9 Å². The molecule has 0 bridgehead atoms. The Balaban J connectivity index is 4.50. The topological polar surface area (TPSA) is 112 Å². The fraction of sp³-hybridized carbons (Fsp3) is 0.926. The summed E-state index contributed by atoms with van der Waals surface area (Å²) in [6.45, 7) is 7.08. The van der Waals surface area contributed by atoms with Crippen molar-refractivity contribution in [3.8, 4) is 0 Å². The van der Waals surface area contributed by atoms with E-state index in [1.165, 1.54) is 38.5 Å². The molecule has 10 heteroatoms. The molecule has 0 aliphatic carbocycles. The van der Waals surface area contributed by atoms with E-state index in [0.717, 1.165) is 38.6 Å². The van der Waals surface area contributed by atoms with Gasteiger partial charge in [0, 0.05) is 19.4 Å². The van der Waals surface area contributed by atoms with Gasteiger partial charge in [0.25, 0.3) is 0 Å². The summed E-state index contributed by atoms with van der Waals surface area (Å²) in [6.07, 6.45) is 13.2. The van der Waals surface area contributed by atoms with Crippen LogP contribution in [0.1, 0.15) is 117 Å². The fourth-order valence-electron chi connectivity index (χ4n) is 3.65. The molecule has 0 saturated heterocycles. The first kappa shape index (κ1) is 36.0. The SMILES string of the molecule is CCCCCCCCCN(C)CCOP(=O)(O)OC(COC(=O)CCCCC)COC(=O)CCCCC. The molecule has 0 spiro atoms. The van der Waals surface area contributed by atoms with Crippen molar-refractivity contribution in [3.05, 3.63) is 0 Å². The van der Waals surface area contributed by atoms with Crippen molar-refractivity contribution in [2.75, 3.05) is 40.0 Å². The summed E-state index contributed by atoms with van der Waals surface area (Å²) >= 11 is 0. The summed E-state index contributed by atoms with van der Waals surface area (Å²) in [4.78, 5) is 36.2. The van der Waals surface area contributed by atoms with Gasteiger partial charge in [-0.15, -0.1) is 0 Å². The number of hydrogen-bond acceptors (Lipinski definition) is 8. The number of ether oxygens (including phenoxy) is 2. The van der Waals surface area contributed by atoms with E-state index in [-0.39, 0.29) is 32.7 Å². The number of unbranched alkanes of at least 4 members (excludes halogenated alkanes) is 10. The third-order valence-corrected chi connectivity index (χ3v) is 7.06. The zero-order valence-electron chi connectivity index (χ0n) is 23.9. The van der Waals surface area contributed by atoms with Crippen molar-refractivity contribution in [1.29, 1.82) is 0 Å². The van der Waals surface area contributed by atoms with E-state index in [1.807, 2.05) is 20.9 Å². The molecule has 220 valence electrons. The maximum absolute atomic E-state index is 12.5. The molecule has 1 unspecified atom stereocenters. The van der Waals surface area contributed by atoms with Gasteiger partial charge in [0.05, 0.1) is 6.61 Å². The Hall–Kier alpha value is -0.990. The molecule has 37 heavy (non-hydrogen) atoms. The molecule has 1 atom stereocenters. The second-order valence-corrected chi connectivity index (χ2v) is 11.1. The first-order valence-corrected chi connectivity index (χ1v) is 15.9. The zero-order chi connectivity index (χ0) is 27.8. The second kappa shape index (κ2) is 24.1. The monoisotopic (exact) mass is 551 g/mol. The van der Waals surface area contributed by atoms with Gasteiger partial charge in [0.2, 0.25) is 0 Å². The number of esters is 2. The van der Waals surface area contributed by atoms with E-state index >= 15 is 0 Å². The van der Waals surface area contributed by atoms with Crippen molar-refractivity contribution in [2.24, 2.45) is 0 Å². The predicted octanol–water partition coefficient (Wildman–Crippen LogP) is 6.42. The average Bonchev–Trinajstić information content (AvgIpc) is 2.85. The van der Waals surface area contributed by atoms with E-state index in [1.54, 1.807) is 0 Å². The highest BCUT2D eigenvalue weighted by atomic mass is 31.2. The molecule has 0 aliphatic rings. The lowest BCUT2D eigenvalue weighted by atomic mass is 10.1. The van der Waals surface area contributed by atoms with Crippen LogP contribution in [0.2, 0.25) is 0 Å². The quantitative estimate of drug-likeness (QED) is 0.0739. The minimum Gasteiger partial charge on any atom is -0.463 e. The van der Waals surface area contributed by atoms with Crippen LogP contribution in [0.3, 0.4) is 0 Å². The number of nitrogens with zero attached hydrogens (tertiary/aromatic N) is 1. The van der Waals surface area contributed by atoms with E-state index in [2.05, 4.69) is 11.8 Å². The van der Waals surface area contributed by atoms with Crippen LogP contribution in [0.4, 0.5) is 0 Å².